The van der Waals surface area contributed by atoms with Gasteiger partial charge in [-0.1, -0.05) is 0 Å². The number of hydrogen-bond donors (Lipinski definition) is 1. The van der Waals surface area contributed by atoms with Crippen LogP contribution in [0.1, 0.15) is 5.82 Å². The van der Waals surface area contributed by atoms with Crippen molar-refractivity contribution in [3.05, 3.63) is 36.4 Å². The molecule has 4 rings (SSSR count). The van der Waals surface area contributed by atoms with Gasteiger partial charge >= 0.3 is 0 Å². The van der Waals surface area contributed by atoms with Gasteiger partial charge in [0.1, 0.15) is 11.3 Å². The fraction of sp³-hybridized carbons (Fsp3) is 0.200. The van der Waals surface area contributed by atoms with Crippen molar-refractivity contribution in [2.24, 2.45) is 0 Å². The van der Waals surface area contributed by atoms with E-state index < -0.39 is 4.18 Å². The van der Waals surface area contributed by atoms with E-state index in [0.29, 0.717) is 5.65 Å². The Labute approximate surface area is 149 Å². The zero-order valence-corrected chi connectivity index (χ0v) is 14.8. The van der Waals surface area contributed by atoms with Crippen LogP contribution in [0.4, 0.5) is 10.3 Å². The molecule has 0 saturated heterocycles. The van der Waals surface area contributed by atoms with Gasteiger partial charge in [0, 0.05) is 11.8 Å². The largest absolute Gasteiger partial charge is 0.367 e. The molecule has 24 heavy (non-hydrogen) atoms. The lowest BCUT2D eigenvalue weighted by molar-refractivity contribution is 0.423. The highest BCUT2D eigenvalue weighted by atomic mass is 127. The van der Waals surface area contributed by atoms with Crippen LogP contribution >= 0.6 is 22.6 Å². The Morgan fingerprint density at radius 2 is 2.12 bits per heavy atom. The number of aromatic nitrogens is 6. The molecule has 0 radical (unpaired) electrons. The molecule has 0 spiro atoms. The molecule has 0 amide bonds. The van der Waals surface area contributed by atoms with Gasteiger partial charge in [0.25, 0.3) is 0 Å². The normalized spacial score (nSPS) is 13.0. The Balaban J connectivity index is 1.90. The van der Waals surface area contributed by atoms with E-state index in [0.717, 1.165) is 28.1 Å². The number of nitrogen functional groups attached to an aromatic ring is 1. The van der Waals surface area contributed by atoms with Gasteiger partial charge in [0.15, 0.2) is 9.83 Å². The van der Waals surface area contributed by atoms with Gasteiger partial charge in [-0.05, 0) is 47.7 Å². The van der Waals surface area contributed by atoms with E-state index in [9.17, 15) is 4.39 Å². The van der Waals surface area contributed by atoms with Crippen LogP contribution in [0.3, 0.4) is 0 Å². The molecule has 0 aliphatic rings. The van der Waals surface area contributed by atoms with Crippen molar-refractivity contribution < 1.29 is 4.39 Å². The van der Waals surface area contributed by atoms with Gasteiger partial charge in [0.2, 0.25) is 5.95 Å². The van der Waals surface area contributed by atoms with Gasteiger partial charge in [-0.25, -0.2) is 23.9 Å². The Kier molecular flexibility index (Phi) is 3.59. The highest BCUT2D eigenvalue weighted by molar-refractivity contribution is 14.1. The first-order valence-electron chi connectivity index (χ1n) is 7.25. The zero-order chi connectivity index (χ0) is 16.8. The maximum absolute atomic E-state index is 13.5. The first-order chi connectivity index (χ1) is 11.5. The van der Waals surface area contributed by atoms with Crippen LogP contribution in [0.25, 0.3) is 27.9 Å². The molecule has 122 valence electrons. The number of hydrogen-bond acceptors (Lipinski definition) is 5. The van der Waals surface area contributed by atoms with E-state index in [4.69, 9.17) is 10.7 Å². The highest BCUT2D eigenvalue weighted by Crippen LogP contribution is 2.26. The van der Waals surface area contributed by atoms with Crippen LogP contribution in [-0.4, -0.2) is 33.3 Å². The third kappa shape index (κ3) is 2.48. The Hall–Kier alpha value is -2.30. The van der Waals surface area contributed by atoms with Crippen molar-refractivity contribution >= 4 is 45.2 Å². The number of fused-ring (bicyclic) bond motifs is 2. The van der Waals surface area contributed by atoms with Crippen molar-refractivity contribution in [3.63, 3.8) is 0 Å². The number of pyridine rings is 1. The molecule has 2 N–H and O–H groups in total. The Bertz CT molecular complexity index is 1050. The highest BCUT2D eigenvalue weighted by Gasteiger charge is 2.15. The maximum atomic E-state index is 13.5. The first-order valence-corrected chi connectivity index (χ1v) is 8.50. The average Bonchev–Trinajstić information content (AvgIpc) is 3.08. The van der Waals surface area contributed by atoms with E-state index in [-0.39, 0.29) is 12.5 Å². The van der Waals surface area contributed by atoms with Gasteiger partial charge < -0.3 is 10.3 Å². The number of nitrogens with zero attached hydrogens (tertiary/aromatic N) is 6. The lowest BCUT2D eigenvalue weighted by Crippen LogP contribution is -2.07. The molecule has 1 atom stereocenters. The number of aryl methyl sites for hydroxylation is 1. The minimum atomic E-state index is -1.00. The second kappa shape index (κ2) is 5.65. The van der Waals surface area contributed by atoms with Crippen molar-refractivity contribution in [2.45, 2.75) is 17.6 Å². The van der Waals surface area contributed by atoms with Crippen LogP contribution in [0.15, 0.2) is 30.6 Å². The predicted molar refractivity (Wildman–Crippen MR) is 97.6 cm³/mol. The number of halogens is 2. The van der Waals surface area contributed by atoms with Gasteiger partial charge in [0.05, 0.1) is 24.0 Å². The van der Waals surface area contributed by atoms with E-state index in [1.165, 1.54) is 0 Å². The van der Waals surface area contributed by atoms with E-state index in [1.807, 2.05) is 25.1 Å². The third-order valence-electron chi connectivity index (χ3n) is 3.81. The minimum Gasteiger partial charge on any atom is -0.367 e. The number of alkyl halides is 2. The monoisotopic (exact) mass is 437 g/mol. The topological polar surface area (TPSA) is 86.9 Å². The van der Waals surface area contributed by atoms with E-state index in [2.05, 4.69) is 15.1 Å². The van der Waals surface area contributed by atoms with Crippen molar-refractivity contribution in [1.82, 2.24) is 29.1 Å². The minimum absolute atomic E-state index is 0.206. The molecule has 9 heteroatoms. The summed E-state index contributed by atoms with van der Waals surface area (Å²) in [6.45, 7) is 2.07. The Morgan fingerprint density at radius 1 is 1.29 bits per heavy atom. The molecule has 0 bridgehead atoms. The molecule has 7 nitrogen and oxygen atoms in total. The number of nitrogens with two attached hydrogens (primary N) is 1. The van der Waals surface area contributed by atoms with Crippen LogP contribution in [0.2, 0.25) is 0 Å². The summed E-state index contributed by atoms with van der Waals surface area (Å²) in [5.74, 6) is 0.949. The summed E-state index contributed by atoms with van der Waals surface area (Å²) in [4.78, 5) is 13.2. The van der Waals surface area contributed by atoms with Crippen LogP contribution < -0.4 is 5.73 Å². The molecule has 4 aromatic heterocycles. The van der Waals surface area contributed by atoms with Gasteiger partial charge in [-0.3, -0.25) is 0 Å². The summed E-state index contributed by atoms with van der Waals surface area (Å²) in [5, 5.41) is 4.13. The van der Waals surface area contributed by atoms with Gasteiger partial charge in [-0.2, -0.15) is 0 Å². The lowest BCUT2D eigenvalue weighted by Gasteiger charge is -2.07. The molecule has 4 heterocycles. The van der Waals surface area contributed by atoms with E-state index in [1.54, 1.807) is 44.1 Å². The summed E-state index contributed by atoms with van der Waals surface area (Å²) in [7, 11) is 0. The van der Waals surface area contributed by atoms with Crippen molar-refractivity contribution in [2.75, 3.05) is 5.73 Å². The molecule has 0 saturated carbocycles. The maximum Gasteiger partial charge on any atom is 0.238 e. The van der Waals surface area contributed by atoms with Crippen LogP contribution in [0.5, 0.6) is 0 Å². The molecule has 0 aliphatic carbocycles. The summed E-state index contributed by atoms with van der Waals surface area (Å²) in [6, 6.07) is 5.69. The number of imidazole rings is 1. The predicted octanol–water partition coefficient (Wildman–Crippen LogP) is 2.76. The third-order valence-corrected chi connectivity index (χ3v) is 4.21. The second-order valence-electron chi connectivity index (χ2n) is 5.38. The summed E-state index contributed by atoms with van der Waals surface area (Å²) in [6.07, 6.45) is 3.47. The molecule has 4 aromatic rings. The number of rotatable bonds is 3. The number of anilines is 1. The molecule has 0 aliphatic heterocycles. The van der Waals surface area contributed by atoms with Gasteiger partial charge in [-0.15, -0.1) is 5.10 Å². The van der Waals surface area contributed by atoms with Crippen molar-refractivity contribution in [1.29, 1.82) is 0 Å². The zero-order valence-electron chi connectivity index (χ0n) is 12.7. The molecular weight excluding hydrogens is 424 g/mol. The summed E-state index contributed by atoms with van der Waals surface area (Å²) in [5.41, 5.74) is 9.46. The molecular formula is C15H13FIN7. The smallest absolute Gasteiger partial charge is 0.238 e. The standard InChI is InChI=1S/C15H13FIN7/c1-8-20-11-3-2-10(21-14(11)23(8)7-13(16)17)9-4-5-24-12(9)6-19-15(18)22-24/h2-6,13H,7H2,1H3,(H2,18,22). The Morgan fingerprint density at radius 3 is 2.92 bits per heavy atom. The fourth-order valence-corrected chi connectivity index (χ4v) is 3.15. The molecule has 0 aromatic carbocycles. The van der Waals surface area contributed by atoms with Crippen LogP contribution in [0, 0.1) is 6.92 Å². The molecule has 0 fully saturated rings. The lowest BCUT2D eigenvalue weighted by atomic mass is 10.2. The SMILES string of the molecule is Cc1nc2ccc(-c3ccn4nc(N)ncc34)nc2n1CC(F)I. The summed E-state index contributed by atoms with van der Waals surface area (Å²) >= 11 is 1.75. The summed E-state index contributed by atoms with van der Waals surface area (Å²) < 4.78 is 15.9. The average molecular weight is 437 g/mol. The van der Waals surface area contributed by atoms with Crippen molar-refractivity contribution in [3.8, 4) is 11.3 Å². The molecule has 1 unspecified atom stereocenters. The van der Waals surface area contributed by atoms with E-state index >= 15 is 0 Å². The quantitative estimate of drug-likeness (QED) is 0.394. The first kappa shape index (κ1) is 15.2. The van der Waals surface area contributed by atoms with Crippen LogP contribution in [-0.2, 0) is 6.54 Å². The second-order valence-corrected chi connectivity index (χ2v) is 6.73. The fourth-order valence-electron chi connectivity index (χ4n) is 2.75.